The fraction of sp³-hybridized carbons (Fsp3) is 0.957. The Bertz CT molecular complexity index is 471. The first-order valence-electron chi connectivity index (χ1n) is 11.7. The summed E-state index contributed by atoms with van der Waals surface area (Å²) in [4.78, 5) is 16.8. The predicted molar refractivity (Wildman–Crippen MR) is 119 cm³/mol. The Labute approximate surface area is 175 Å². The molecular weight excluding hydrogens is 350 g/mol. The minimum absolute atomic E-state index is 0. The summed E-state index contributed by atoms with van der Waals surface area (Å²) in [7, 11) is 0. The van der Waals surface area contributed by atoms with Gasteiger partial charge < -0.3 is 19.9 Å². The maximum absolute atomic E-state index is 11.6. The number of nitrogens with zero attached hydrogens (tertiary/aromatic N) is 2. The zero-order valence-corrected chi connectivity index (χ0v) is 19.3. The lowest BCUT2D eigenvalue weighted by atomic mass is 9.83. The van der Waals surface area contributed by atoms with Gasteiger partial charge in [-0.25, -0.2) is 0 Å². The fourth-order valence-corrected chi connectivity index (χ4v) is 4.84. The third kappa shape index (κ3) is 7.00. The molecule has 166 valence electrons. The molecule has 2 fully saturated rings. The molecule has 0 aromatic rings. The number of likely N-dealkylation sites (tertiary alicyclic amines) is 2. The molecule has 0 saturated carbocycles. The first kappa shape index (κ1) is 23.6. The van der Waals surface area contributed by atoms with Gasteiger partial charge in [0.25, 0.3) is 0 Å². The average Bonchev–Trinajstić information content (AvgIpc) is 2.67. The van der Waals surface area contributed by atoms with Crippen molar-refractivity contribution in [1.82, 2.24) is 15.1 Å². The molecule has 1 atom stereocenters. The molecule has 1 N–H and O–H groups in total. The van der Waals surface area contributed by atoms with Crippen LogP contribution in [0.5, 0.6) is 0 Å². The molecule has 0 bridgehead atoms. The van der Waals surface area contributed by atoms with Gasteiger partial charge >= 0.3 is 0 Å². The van der Waals surface area contributed by atoms with E-state index in [1.165, 1.54) is 0 Å². The van der Waals surface area contributed by atoms with Gasteiger partial charge in [0, 0.05) is 58.1 Å². The van der Waals surface area contributed by atoms with Crippen molar-refractivity contribution < 1.29 is 11.0 Å². The summed E-state index contributed by atoms with van der Waals surface area (Å²) in [5.41, 5.74) is 0.142. The van der Waals surface area contributed by atoms with Crippen LogP contribution in [0.2, 0.25) is 0 Å². The molecule has 1 amide bonds. The number of hydrogen-bond acceptors (Lipinski definition) is 4. The topological polar surface area (TPSA) is 44.8 Å². The highest BCUT2D eigenvalue weighted by molar-refractivity contribution is 5.75. The van der Waals surface area contributed by atoms with E-state index in [0.29, 0.717) is 30.7 Å². The van der Waals surface area contributed by atoms with Crippen LogP contribution in [0.4, 0.5) is 0 Å². The maximum atomic E-state index is 11.6. The molecule has 0 aromatic carbocycles. The molecule has 2 rings (SSSR count). The van der Waals surface area contributed by atoms with Gasteiger partial charge in [-0.15, -0.1) is 0 Å². The monoisotopic (exact) mass is 397 g/mol. The molecule has 0 radical (unpaired) electrons. The molecule has 2 heterocycles. The second-order valence-electron chi connectivity index (χ2n) is 9.82. The van der Waals surface area contributed by atoms with E-state index in [0.717, 1.165) is 64.8 Å². The van der Waals surface area contributed by atoms with Crippen molar-refractivity contribution >= 4 is 5.91 Å². The van der Waals surface area contributed by atoms with Gasteiger partial charge in [-0.05, 0) is 46.0 Å². The zero-order chi connectivity index (χ0) is 20.7. The first-order valence-corrected chi connectivity index (χ1v) is 11.7. The lowest BCUT2D eigenvalue weighted by molar-refractivity contribution is -0.121. The van der Waals surface area contributed by atoms with Gasteiger partial charge in [0.1, 0.15) is 0 Å². The number of piperidine rings is 2. The van der Waals surface area contributed by atoms with Crippen LogP contribution in [0.15, 0.2) is 0 Å². The molecule has 2 aliphatic rings. The van der Waals surface area contributed by atoms with Gasteiger partial charge in [0.05, 0.1) is 12.2 Å². The van der Waals surface area contributed by atoms with E-state index < -0.39 is 0 Å². The van der Waals surface area contributed by atoms with E-state index in [9.17, 15) is 4.79 Å². The molecule has 2 aliphatic heterocycles. The molecule has 5 nitrogen and oxygen atoms in total. The third-order valence-corrected chi connectivity index (χ3v) is 6.71. The Morgan fingerprint density at radius 3 is 2.21 bits per heavy atom. The summed E-state index contributed by atoms with van der Waals surface area (Å²) in [5, 5.41) is 3.16. The first-order chi connectivity index (χ1) is 13.2. The largest absolute Gasteiger partial charge is 0.374 e. The van der Waals surface area contributed by atoms with Crippen LogP contribution >= 0.6 is 0 Å². The summed E-state index contributed by atoms with van der Waals surface area (Å²) >= 11 is 0. The molecule has 5 heteroatoms. The van der Waals surface area contributed by atoms with Crippen molar-refractivity contribution in [3.63, 3.8) is 0 Å². The van der Waals surface area contributed by atoms with Crippen LogP contribution in [-0.2, 0) is 9.53 Å². The van der Waals surface area contributed by atoms with E-state index in [1.807, 2.05) is 6.92 Å². The van der Waals surface area contributed by atoms with E-state index >= 15 is 0 Å². The zero-order valence-electron chi connectivity index (χ0n) is 19.3. The van der Waals surface area contributed by atoms with Gasteiger partial charge in [0.2, 0.25) is 5.91 Å². The number of rotatable bonds is 9. The summed E-state index contributed by atoms with van der Waals surface area (Å²) in [6.07, 6.45) is 6.81. The molecule has 28 heavy (non-hydrogen) atoms. The normalized spacial score (nSPS) is 22.5. The fourth-order valence-electron chi connectivity index (χ4n) is 4.84. The summed E-state index contributed by atoms with van der Waals surface area (Å²) in [5.74, 6) is 0.182. The van der Waals surface area contributed by atoms with Crippen molar-refractivity contribution in [2.45, 2.75) is 104 Å². The highest BCUT2D eigenvalue weighted by Crippen LogP contribution is 2.31. The summed E-state index contributed by atoms with van der Waals surface area (Å²) in [6, 6.07) is 1.00. The van der Waals surface area contributed by atoms with Crippen molar-refractivity contribution in [1.29, 1.82) is 0 Å². The maximum Gasteiger partial charge on any atom is 0.219 e. The van der Waals surface area contributed by atoms with Gasteiger partial charge in [-0.3, -0.25) is 4.79 Å². The summed E-state index contributed by atoms with van der Waals surface area (Å²) in [6.45, 7) is 19.0. The van der Waals surface area contributed by atoms with Crippen LogP contribution in [0, 0.1) is 5.41 Å². The van der Waals surface area contributed by atoms with Crippen molar-refractivity contribution in [3.05, 3.63) is 0 Å². The van der Waals surface area contributed by atoms with E-state index in [-0.39, 0.29) is 12.7 Å². The molecular formula is C23H47N3O2. The van der Waals surface area contributed by atoms with E-state index in [2.05, 4.69) is 49.7 Å². The lowest BCUT2D eigenvalue weighted by Gasteiger charge is -2.43. The predicted octanol–water partition coefficient (Wildman–Crippen LogP) is 3.92. The Morgan fingerprint density at radius 2 is 1.71 bits per heavy atom. The van der Waals surface area contributed by atoms with Crippen LogP contribution in [-0.4, -0.2) is 72.7 Å². The number of amides is 1. The van der Waals surface area contributed by atoms with E-state index in [4.69, 9.17) is 4.74 Å². The highest BCUT2D eigenvalue weighted by atomic mass is 16.5. The van der Waals surface area contributed by atoms with Crippen molar-refractivity contribution in [3.8, 4) is 0 Å². The minimum atomic E-state index is 0. The molecule has 2 saturated heterocycles. The molecule has 0 spiro atoms. The van der Waals surface area contributed by atoms with Gasteiger partial charge in [0.15, 0.2) is 0 Å². The highest BCUT2D eigenvalue weighted by Gasteiger charge is 2.35. The number of carbonyl (C=O) groups excluding carboxylic acids is 1. The van der Waals surface area contributed by atoms with E-state index in [1.54, 1.807) is 0 Å². The quantitative estimate of drug-likeness (QED) is 0.640. The van der Waals surface area contributed by atoms with Gasteiger partial charge in [-0.1, -0.05) is 27.7 Å². The minimum Gasteiger partial charge on any atom is -0.374 e. The Hall–Kier alpha value is -0.650. The number of ether oxygens (including phenoxy) is 1. The molecule has 1 unspecified atom stereocenters. The number of carbonyl (C=O) groups is 1. The Balaban J connectivity index is 0.00000420. The second kappa shape index (κ2) is 10.9. The van der Waals surface area contributed by atoms with Gasteiger partial charge in [-0.2, -0.15) is 0 Å². The lowest BCUT2D eigenvalue weighted by Crippen LogP contribution is -2.50. The molecule has 0 aromatic heterocycles. The van der Waals surface area contributed by atoms with Crippen molar-refractivity contribution in [2.24, 2.45) is 5.41 Å². The number of nitrogens with one attached hydrogen (secondary N) is 1. The van der Waals surface area contributed by atoms with Crippen LogP contribution in [0.1, 0.15) is 81.5 Å². The second-order valence-corrected chi connectivity index (χ2v) is 9.82. The van der Waals surface area contributed by atoms with Crippen LogP contribution in [0.25, 0.3) is 0 Å². The Kier molecular flexibility index (Phi) is 9.23. The van der Waals surface area contributed by atoms with Crippen LogP contribution in [0.3, 0.4) is 0 Å². The smallest absolute Gasteiger partial charge is 0.219 e. The Morgan fingerprint density at radius 1 is 1.11 bits per heavy atom. The average molecular weight is 398 g/mol. The molecule has 0 aliphatic carbocycles. The van der Waals surface area contributed by atoms with Crippen molar-refractivity contribution in [2.75, 3.05) is 32.7 Å². The SMILES string of the molecule is CCC(=O)NC1CCN(CC(C)(C)C(CC)OC2CCN(C(C)C)CC2)CC1.[HH]. The summed E-state index contributed by atoms with van der Waals surface area (Å²) < 4.78 is 6.65. The number of hydrogen-bond donors (Lipinski definition) is 1. The third-order valence-electron chi connectivity index (χ3n) is 6.71. The van der Waals surface area contributed by atoms with Crippen LogP contribution < -0.4 is 5.32 Å². The standard InChI is InChI=1S/C23H45N3O2.H2/c1-7-21(28-20-11-15-26(16-12-20)18(3)4)23(5,6)17-25-13-9-19(10-14-25)24-22(27)8-2;/h18-21H,7-17H2,1-6H3,(H,24,27);1H.